The molecular weight excluding hydrogens is 406 g/mol. The van der Waals surface area contributed by atoms with Crippen molar-refractivity contribution in [3.8, 4) is 11.4 Å². The second kappa shape index (κ2) is 8.34. The van der Waals surface area contributed by atoms with Crippen molar-refractivity contribution in [1.29, 1.82) is 0 Å². The first kappa shape index (κ1) is 19.6. The molecule has 1 aromatic carbocycles. The van der Waals surface area contributed by atoms with Crippen LogP contribution in [0.4, 0.5) is 11.8 Å². The van der Waals surface area contributed by atoms with E-state index >= 15 is 0 Å². The van der Waals surface area contributed by atoms with Gasteiger partial charge in [-0.2, -0.15) is 5.10 Å². The van der Waals surface area contributed by atoms with Crippen LogP contribution in [0.2, 0.25) is 5.02 Å². The molecule has 4 rings (SSSR count). The number of oxazole rings is 1. The molecule has 9 nitrogen and oxygen atoms in total. The summed E-state index contributed by atoms with van der Waals surface area (Å²) < 4.78 is 7.04. The van der Waals surface area contributed by atoms with Gasteiger partial charge in [-0.05, 0) is 30.2 Å². The van der Waals surface area contributed by atoms with Crippen LogP contribution in [-0.4, -0.2) is 30.6 Å². The van der Waals surface area contributed by atoms with Gasteiger partial charge in [-0.3, -0.25) is 9.48 Å². The van der Waals surface area contributed by atoms with Crippen molar-refractivity contribution in [2.24, 2.45) is 7.05 Å². The highest BCUT2D eigenvalue weighted by Gasteiger charge is 2.17. The smallest absolute Gasteiger partial charge is 0.307 e. The fraction of sp³-hybridized carbons (Fsp3) is 0.150. The number of aryl methyl sites for hydroxylation is 2. The van der Waals surface area contributed by atoms with Gasteiger partial charge in [0.05, 0.1) is 6.20 Å². The zero-order valence-corrected chi connectivity index (χ0v) is 17.0. The second-order valence-electron chi connectivity index (χ2n) is 6.54. The molecule has 0 radical (unpaired) electrons. The summed E-state index contributed by atoms with van der Waals surface area (Å²) in [7, 11) is 1.81. The molecule has 0 aliphatic heterocycles. The largest absolute Gasteiger partial charge is 0.440 e. The lowest BCUT2D eigenvalue weighted by atomic mass is 10.2. The summed E-state index contributed by atoms with van der Waals surface area (Å²) in [4.78, 5) is 25.5. The van der Waals surface area contributed by atoms with E-state index in [0.717, 1.165) is 16.9 Å². The lowest BCUT2D eigenvalue weighted by molar-refractivity contribution is 0.0916. The monoisotopic (exact) mass is 423 g/mol. The zero-order valence-electron chi connectivity index (χ0n) is 16.3. The Kier molecular flexibility index (Phi) is 5.44. The Hall–Kier alpha value is -3.72. The highest BCUT2D eigenvalue weighted by molar-refractivity contribution is 6.30. The first-order valence-electron chi connectivity index (χ1n) is 9.07. The van der Waals surface area contributed by atoms with Crippen molar-refractivity contribution < 1.29 is 9.21 Å². The number of hydrogen-bond donors (Lipinski definition) is 2. The number of benzene rings is 1. The molecule has 0 saturated heterocycles. The van der Waals surface area contributed by atoms with Crippen LogP contribution in [0.1, 0.15) is 21.8 Å². The van der Waals surface area contributed by atoms with Crippen molar-refractivity contribution in [2.45, 2.75) is 13.5 Å². The van der Waals surface area contributed by atoms with Crippen LogP contribution in [0.3, 0.4) is 0 Å². The molecule has 1 amide bonds. The van der Waals surface area contributed by atoms with E-state index in [4.69, 9.17) is 16.0 Å². The molecule has 0 bridgehead atoms. The van der Waals surface area contributed by atoms with Crippen LogP contribution >= 0.6 is 11.6 Å². The minimum atomic E-state index is -0.420. The first-order valence-corrected chi connectivity index (χ1v) is 9.44. The third-order valence-corrected chi connectivity index (χ3v) is 4.59. The summed E-state index contributed by atoms with van der Waals surface area (Å²) >= 11 is 5.87. The molecule has 2 N–H and O–H groups in total. The van der Waals surface area contributed by atoms with Gasteiger partial charge in [0.2, 0.25) is 5.95 Å². The van der Waals surface area contributed by atoms with E-state index < -0.39 is 5.91 Å². The number of nitrogens with one attached hydrogen (secondary N) is 2. The Labute approximate surface area is 177 Å². The van der Waals surface area contributed by atoms with Crippen LogP contribution in [0.5, 0.6) is 0 Å². The van der Waals surface area contributed by atoms with Gasteiger partial charge in [-0.1, -0.05) is 23.7 Å². The fourth-order valence-corrected chi connectivity index (χ4v) is 2.85. The molecule has 0 saturated carbocycles. The predicted molar refractivity (Wildman–Crippen MR) is 111 cm³/mol. The predicted octanol–water partition coefficient (Wildman–Crippen LogP) is 3.50. The number of rotatable bonds is 6. The van der Waals surface area contributed by atoms with Crippen molar-refractivity contribution in [2.75, 3.05) is 5.32 Å². The summed E-state index contributed by atoms with van der Waals surface area (Å²) in [5.74, 6) is 0.664. The normalized spacial score (nSPS) is 10.8. The minimum Gasteiger partial charge on any atom is -0.440 e. The number of carbonyl (C=O) groups is 1. The van der Waals surface area contributed by atoms with Gasteiger partial charge in [0.25, 0.3) is 5.89 Å². The fourth-order valence-electron chi connectivity index (χ4n) is 2.72. The summed E-state index contributed by atoms with van der Waals surface area (Å²) in [6.45, 7) is 2.19. The van der Waals surface area contributed by atoms with Crippen LogP contribution < -0.4 is 10.6 Å². The second-order valence-corrected chi connectivity index (χ2v) is 6.97. The summed E-state index contributed by atoms with van der Waals surface area (Å²) in [5.41, 5.74) is 2.72. The van der Waals surface area contributed by atoms with E-state index in [1.165, 1.54) is 6.26 Å². The number of hydrogen-bond acceptors (Lipinski definition) is 7. The van der Waals surface area contributed by atoms with Gasteiger partial charge < -0.3 is 15.1 Å². The quantitative estimate of drug-likeness (QED) is 0.488. The molecule has 0 aliphatic carbocycles. The summed E-state index contributed by atoms with van der Waals surface area (Å²) in [6.07, 6.45) is 4.75. The van der Waals surface area contributed by atoms with E-state index in [-0.39, 0.29) is 5.89 Å². The molecule has 0 fully saturated rings. The van der Waals surface area contributed by atoms with Gasteiger partial charge in [0, 0.05) is 30.9 Å². The minimum absolute atomic E-state index is 0.0434. The van der Waals surface area contributed by atoms with Crippen molar-refractivity contribution in [3.05, 3.63) is 71.0 Å². The van der Waals surface area contributed by atoms with Gasteiger partial charge in [-0.15, -0.1) is 0 Å². The van der Waals surface area contributed by atoms with E-state index in [2.05, 4.69) is 30.7 Å². The third-order valence-electron chi connectivity index (χ3n) is 4.34. The highest BCUT2D eigenvalue weighted by Crippen LogP contribution is 2.22. The molecule has 0 atom stereocenters. The molecule has 4 aromatic rings. The Bertz CT molecular complexity index is 1180. The molecule has 0 unspecified atom stereocenters. The van der Waals surface area contributed by atoms with Gasteiger partial charge in [0.15, 0.2) is 0 Å². The maximum atomic E-state index is 12.4. The standard InChI is InChI=1S/C20H18ClN7O2/c1-12-9-23-20(26-16-7-8-24-28(16)2)27-17(12)15-11-30-19(25-15)18(29)22-10-13-3-5-14(21)6-4-13/h3-9,11H,10H2,1-2H3,(H,22,29)(H,23,26,27). The summed E-state index contributed by atoms with van der Waals surface area (Å²) in [6, 6.07) is 9.01. The van der Waals surface area contributed by atoms with Crippen molar-refractivity contribution in [3.63, 3.8) is 0 Å². The Morgan fingerprint density at radius 2 is 2.00 bits per heavy atom. The topological polar surface area (TPSA) is 111 Å². The van der Waals surface area contributed by atoms with Crippen molar-refractivity contribution in [1.82, 2.24) is 30.0 Å². The number of halogens is 1. The van der Waals surface area contributed by atoms with Crippen molar-refractivity contribution >= 4 is 29.3 Å². The molecule has 30 heavy (non-hydrogen) atoms. The van der Waals surface area contributed by atoms with Crippen LogP contribution in [0, 0.1) is 6.92 Å². The molecule has 10 heteroatoms. The Morgan fingerprint density at radius 3 is 2.73 bits per heavy atom. The maximum absolute atomic E-state index is 12.4. The van der Waals surface area contributed by atoms with E-state index in [9.17, 15) is 4.79 Å². The number of amides is 1. The van der Waals surface area contributed by atoms with Gasteiger partial charge >= 0.3 is 5.91 Å². The number of carbonyl (C=O) groups excluding carboxylic acids is 1. The highest BCUT2D eigenvalue weighted by atomic mass is 35.5. The van der Waals surface area contributed by atoms with Gasteiger partial charge in [0.1, 0.15) is 23.5 Å². The van der Waals surface area contributed by atoms with E-state index in [0.29, 0.717) is 28.9 Å². The first-order chi connectivity index (χ1) is 14.5. The Morgan fingerprint density at radius 1 is 1.20 bits per heavy atom. The molecule has 3 heterocycles. The number of aromatic nitrogens is 5. The van der Waals surface area contributed by atoms with Crippen LogP contribution in [-0.2, 0) is 13.6 Å². The summed E-state index contributed by atoms with van der Waals surface area (Å²) in [5, 5.41) is 10.6. The third kappa shape index (κ3) is 4.31. The van der Waals surface area contributed by atoms with Crippen LogP contribution in [0.15, 0.2) is 53.4 Å². The SMILES string of the molecule is Cc1cnc(Nc2ccnn2C)nc1-c1coc(C(=O)NCc2ccc(Cl)cc2)n1. The lowest BCUT2D eigenvalue weighted by Gasteiger charge is -2.07. The molecule has 152 valence electrons. The molecular formula is C20H18ClN7O2. The zero-order chi connectivity index (χ0) is 21.1. The molecule has 0 aliphatic rings. The Balaban J connectivity index is 1.48. The van der Waals surface area contributed by atoms with Crippen LogP contribution in [0.25, 0.3) is 11.4 Å². The number of anilines is 2. The number of nitrogens with zero attached hydrogens (tertiary/aromatic N) is 5. The molecule has 0 spiro atoms. The van der Waals surface area contributed by atoms with E-state index in [1.807, 2.05) is 32.2 Å². The molecule has 3 aromatic heterocycles. The maximum Gasteiger partial charge on any atom is 0.307 e. The average molecular weight is 424 g/mol. The lowest BCUT2D eigenvalue weighted by Crippen LogP contribution is -2.23. The van der Waals surface area contributed by atoms with Gasteiger partial charge in [-0.25, -0.2) is 15.0 Å². The van der Waals surface area contributed by atoms with E-state index in [1.54, 1.807) is 29.2 Å². The average Bonchev–Trinajstić information content (AvgIpc) is 3.38.